The zero-order chi connectivity index (χ0) is 16.1. The van der Waals surface area contributed by atoms with Gasteiger partial charge in [-0.2, -0.15) is 0 Å². The highest BCUT2D eigenvalue weighted by Crippen LogP contribution is 2.16. The average molecular weight is 325 g/mol. The number of imidazole rings is 1. The standard InChI is InChI=1S/C18H19N3OS/c1-13(18-20-15-9-5-6-10-16(15)21-18)19-17(22)12-23-11-14-7-3-2-4-8-14/h2-10,13H,11-12H2,1H3,(H,19,22)(H,20,21). The first-order valence-corrected chi connectivity index (χ1v) is 8.73. The number of benzene rings is 2. The first-order valence-electron chi connectivity index (χ1n) is 7.58. The number of fused-ring (bicyclic) bond motifs is 1. The number of aromatic nitrogens is 2. The van der Waals surface area contributed by atoms with Crippen molar-refractivity contribution in [2.24, 2.45) is 0 Å². The summed E-state index contributed by atoms with van der Waals surface area (Å²) < 4.78 is 0. The quantitative estimate of drug-likeness (QED) is 0.727. The molecule has 1 aromatic heterocycles. The number of carbonyl (C=O) groups is 1. The smallest absolute Gasteiger partial charge is 0.230 e. The van der Waals surface area contributed by atoms with Gasteiger partial charge in [-0.15, -0.1) is 11.8 Å². The molecule has 0 saturated heterocycles. The maximum atomic E-state index is 12.1. The van der Waals surface area contributed by atoms with Gasteiger partial charge in [0.2, 0.25) is 5.91 Å². The fourth-order valence-electron chi connectivity index (χ4n) is 2.36. The van der Waals surface area contributed by atoms with Crippen molar-refractivity contribution < 1.29 is 4.79 Å². The first kappa shape index (κ1) is 15.6. The van der Waals surface area contributed by atoms with Crippen LogP contribution in [0.5, 0.6) is 0 Å². The molecule has 1 unspecified atom stereocenters. The van der Waals surface area contributed by atoms with Gasteiger partial charge < -0.3 is 10.3 Å². The molecule has 1 amide bonds. The van der Waals surface area contributed by atoms with Crippen molar-refractivity contribution in [3.05, 3.63) is 66.0 Å². The van der Waals surface area contributed by atoms with Gasteiger partial charge in [-0.3, -0.25) is 4.79 Å². The monoisotopic (exact) mass is 325 g/mol. The van der Waals surface area contributed by atoms with Crippen LogP contribution >= 0.6 is 11.8 Å². The summed E-state index contributed by atoms with van der Waals surface area (Å²) in [5.74, 6) is 2.10. The van der Waals surface area contributed by atoms with Gasteiger partial charge in [-0.25, -0.2) is 4.98 Å². The molecule has 118 valence electrons. The second kappa shape index (κ2) is 7.33. The third-order valence-electron chi connectivity index (χ3n) is 3.54. The third kappa shape index (κ3) is 4.13. The van der Waals surface area contributed by atoms with Crippen molar-refractivity contribution in [3.63, 3.8) is 0 Å². The molecule has 0 aliphatic carbocycles. The number of nitrogens with one attached hydrogen (secondary N) is 2. The van der Waals surface area contributed by atoms with Crippen LogP contribution < -0.4 is 5.32 Å². The average Bonchev–Trinajstić information content (AvgIpc) is 3.00. The topological polar surface area (TPSA) is 57.8 Å². The lowest BCUT2D eigenvalue weighted by atomic mass is 10.2. The van der Waals surface area contributed by atoms with Gasteiger partial charge in [0.25, 0.3) is 0 Å². The molecule has 1 atom stereocenters. The summed E-state index contributed by atoms with van der Waals surface area (Å²) in [5.41, 5.74) is 3.14. The van der Waals surface area contributed by atoms with Crippen molar-refractivity contribution in [2.75, 3.05) is 5.75 Å². The van der Waals surface area contributed by atoms with E-state index in [1.54, 1.807) is 11.8 Å². The number of rotatable bonds is 6. The van der Waals surface area contributed by atoms with E-state index in [2.05, 4.69) is 27.4 Å². The summed E-state index contributed by atoms with van der Waals surface area (Å²) in [7, 11) is 0. The predicted molar refractivity (Wildman–Crippen MR) is 95.3 cm³/mol. The largest absolute Gasteiger partial charge is 0.346 e. The Labute approximate surface area is 139 Å². The fourth-order valence-corrected chi connectivity index (χ4v) is 3.16. The van der Waals surface area contributed by atoms with E-state index in [1.807, 2.05) is 49.4 Å². The van der Waals surface area contributed by atoms with E-state index in [0.29, 0.717) is 5.75 Å². The van der Waals surface area contributed by atoms with Gasteiger partial charge in [0, 0.05) is 5.75 Å². The molecule has 0 bridgehead atoms. The predicted octanol–water partition coefficient (Wildman–Crippen LogP) is 3.67. The lowest BCUT2D eigenvalue weighted by Gasteiger charge is -2.11. The summed E-state index contributed by atoms with van der Waals surface area (Å²) in [6, 6.07) is 17.9. The van der Waals surface area contributed by atoms with E-state index in [1.165, 1.54) is 5.56 Å². The molecule has 5 heteroatoms. The molecule has 3 rings (SSSR count). The number of H-pyrrole nitrogens is 1. The molecule has 4 nitrogen and oxygen atoms in total. The van der Waals surface area contributed by atoms with Crippen molar-refractivity contribution in [2.45, 2.75) is 18.7 Å². The van der Waals surface area contributed by atoms with Crippen LogP contribution in [0.1, 0.15) is 24.4 Å². The minimum absolute atomic E-state index is 0.0267. The van der Waals surface area contributed by atoms with Crippen molar-refractivity contribution in [3.8, 4) is 0 Å². The van der Waals surface area contributed by atoms with Gasteiger partial charge in [0.1, 0.15) is 5.82 Å². The van der Waals surface area contributed by atoms with E-state index in [9.17, 15) is 4.79 Å². The van der Waals surface area contributed by atoms with Gasteiger partial charge in [-0.05, 0) is 24.6 Å². The highest BCUT2D eigenvalue weighted by Gasteiger charge is 2.13. The Morgan fingerprint density at radius 3 is 2.70 bits per heavy atom. The van der Waals surface area contributed by atoms with Crippen LogP contribution in [-0.4, -0.2) is 21.6 Å². The van der Waals surface area contributed by atoms with Gasteiger partial charge >= 0.3 is 0 Å². The molecule has 2 aromatic carbocycles. The highest BCUT2D eigenvalue weighted by atomic mass is 32.2. The molecule has 0 aliphatic heterocycles. The molecule has 1 heterocycles. The van der Waals surface area contributed by atoms with Gasteiger partial charge in [-0.1, -0.05) is 42.5 Å². The van der Waals surface area contributed by atoms with Crippen LogP contribution in [0.15, 0.2) is 54.6 Å². The Morgan fingerprint density at radius 1 is 1.17 bits per heavy atom. The summed E-state index contributed by atoms with van der Waals surface area (Å²) in [6.07, 6.45) is 0. The molecule has 0 aliphatic rings. The Bertz CT molecular complexity index is 752. The van der Waals surface area contributed by atoms with Gasteiger partial charge in [0.05, 0.1) is 22.8 Å². The molecule has 0 radical (unpaired) electrons. The van der Waals surface area contributed by atoms with Crippen LogP contribution in [0.4, 0.5) is 0 Å². The van der Waals surface area contributed by atoms with Crippen LogP contribution in [0.25, 0.3) is 11.0 Å². The minimum atomic E-state index is -0.132. The molecular weight excluding hydrogens is 306 g/mol. The van der Waals surface area contributed by atoms with Crippen LogP contribution in [-0.2, 0) is 10.5 Å². The lowest BCUT2D eigenvalue weighted by molar-refractivity contribution is -0.119. The summed E-state index contributed by atoms with van der Waals surface area (Å²) in [5, 5.41) is 2.99. The Balaban J connectivity index is 1.51. The number of para-hydroxylation sites is 2. The zero-order valence-corrected chi connectivity index (χ0v) is 13.8. The highest BCUT2D eigenvalue weighted by molar-refractivity contribution is 7.99. The number of nitrogens with zero attached hydrogens (tertiary/aromatic N) is 1. The maximum absolute atomic E-state index is 12.1. The van der Waals surface area contributed by atoms with Crippen LogP contribution in [0.3, 0.4) is 0 Å². The SMILES string of the molecule is CC(NC(=O)CSCc1ccccc1)c1nc2ccccc2[nH]1. The molecular formula is C18H19N3OS. The fraction of sp³-hybridized carbons (Fsp3) is 0.222. The molecule has 0 saturated carbocycles. The van der Waals surface area contributed by atoms with Crippen molar-refractivity contribution in [1.29, 1.82) is 0 Å². The zero-order valence-electron chi connectivity index (χ0n) is 13.0. The molecule has 3 aromatic rings. The van der Waals surface area contributed by atoms with E-state index in [-0.39, 0.29) is 11.9 Å². The third-order valence-corrected chi connectivity index (χ3v) is 4.54. The first-order chi connectivity index (χ1) is 11.2. The second-order valence-corrected chi connectivity index (χ2v) is 6.39. The van der Waals surface area contributed by atoms with E-state index < -0.39 is 0 Å². The molecule has 2 N–H and O–H groups in total. The maximum Gasteiger partial charge on any atom is 0.230 e. The number of hydrogen-bond acceptors (Lipinski definition) is 3. The summed E-state index contributed by atoms with van der Waals surface area (Å²) in [4.78, 5) is 19.8. The Morgan fingerprint density at radius 2 is 1.91 bits per heavy atom. The number of hydrogen-bond donors (Lipinski definition) is 2. The number of thioether (sulfide) groups is 1. The number of carbonyl (C=O) groups excluding carboxylic acids is 1. The molecule has 23 heavy (non-hydrogen) atoms. The lowest BCUT2D eigenvalue weighted by Crippen LogP contribution is -2.28. The number of aromatic amines is 1. The van der Waals surface area contributed by atoms with Crippen molar-refractivity contribution in [1.82, 2.24) is 15.3 Å². The number of amides is 1. The van der Waals surface area contributed by atoms with Gasteiger partial charge in [0.15, 0.2) is 0 Å². The van der Waals surface area contributed by atoms with E-state index in [0.717, 1.165) is 22.6 Å². The summed E-state index contributed by atoms with van der Waals surface area (Å²) >= 11 is 1.61. The normalized spacial score (nSPS) is 12.2. The molecule has 0 spiro atoms. The summed E-state index contributed by atoms with van der Waals surface area (Å²) in [6.45, 7) is 1.94. The Kier molecular flexibility index (Phi) is 4.98. The molecule has 0 fully saturated rings. The second-order valence-electron chi connectivity index (χ2n) is 5.41. The van der Waals surface area contributed by atoms with Crippen LogP contribution in [0.2, 0.25) is 0 Å². The van der Waals surface area contributed by atoms with Crippen molar-refractivity contribution >= 4 is 28.7 Å². The minimum Gasteiger partial charge on any atom is -0.346 e. The Hall–Kier alpha value is -2.27. The van der Waals surface area contributed by atoms with E-state index >= 15 is 0 Å². The van der Waals surface area contributed by atoms with E-state index in [4.69, 9.17) is 0 Å². The van der Waals surface area contributed by atoms with Crippen LogP contribution in [0, 0.1) is 0 Å².